The molecule has 0 spiro atoms. The fourth-order valence-electron chi connectivity index (χ4n) is 3.80. The van der Waals surface area contributed by atoms with Gasteiger partial charge in [-0.15, -0.1) is 0 Å². The zero-order chi connectivity index (χ0) is 19.6. The Hall–Kier alpha value is -1.22. The van der Waals surface area contributed by atoms with Gasteiger partial charge in [-0.1, -0.05) is 6.42 Å². The second kappa shape index (κ2) is 11.6. The molecule has 0 aliphatic carbocycles. The lowest BCUT2D eigenvalue weighted by molar-refractivity contribution is -0.136. The molecule has 2 rings (SSSR count). The number of rotatable bonds is 9. The molecule has 0 aromatic rings. The van der Waals surface area contributed by atoms with Crippen LogP contribution < -0.4 is 10.6 Å². The van der Waals surface area contributed by atoms with Crippen molar-refractivity contribution in [2.75, 3.05) is 53.4 Å². The van der Waals surface area contributed by atoms with E-state index in [2.05, 4.69) is 15.5 Å². The van der Waals surface area contributed by atoms with Crippen LogP contribution in [-0.4, -0.2) is 98.4 Å². The highest BCUT2D eigenvalue weighted by Gasteiger charge is 2.32. The normalized spacial score (nSPS) is 26.7. The molecule has 8 heteroatoms. The Balaban J connectivity index is 1.67. The Labute approximate surface area is 162 Å². The van der Waals surface area contributed by atoms with E-state index in [4.69, 9.17) is 4.74 Å². The molecule has 2 aliphatic heterocycles. The molecule has 2 saturated heterocycles. The van der Waals surface area contributed by atoms with E-state index in [0.717, 1.165) is 19.6 Å². The molecule has 27 heavy (non-hydrogen) atoms. The maximum absolute atomic E-state index is 12.2. The Kier molecular flexibility index (Phi) is 9.47. The minimum atomic E-state index is -0.462. The van der Waals surface area contributed by atoms with E-state index in [9.17, 15) is 14.7 Å². The molecule has 0 unspecified atom stereocenters. The zero-order valence-corrected chi connectivity index (χ0v) is 16.8. The quantitative estimate of drug-likeness (QED) is 0.499. The van der Waals surface area contributed by atoms with Gasteiger partial charge in [0.15, 0.2) is 0 Å². The summed E-state index contributed by atoms with van der Waals surface area (Å²) in [5.41, 5.74) is 0. The molecule has 3 N–H and O–H groups in total. The molecule has 156 valence electrons. The second-order valence-electron chi connectivity index (χ2n) is 7.92. The largest absolute Gasteiger partial charge is 0.394 e. The summed E-state index contributed by atoms with van der Waals surface area (Å²) in [7, 11) is 3.67. The summed E-state index contributed by atoms with van der Waals surface area (Å²) in [6.07, 6.45) is 4.84. The summed E-state index contributed by atoms with van der Waals surface area (Å²) in [5.74, 6) is -0.0928. The van der Waals surface area contributed by atoms with E-state index in [-0.39, 0.29) is 30.6 Å². The molecular weight excluding hydrogens is 348 g/mol. The van der Waals surface area contributed by atoms with Crippen molar-refractivity contribution in [1.82, 2.24) is 20.4 Å². The molecule has 0 bridgehead atoms. The third-order valence-corrected chi connectivity index (χ3v) is 5.21. The van der Waals surface area contributed by atoms with Crippen molar-refractivity contribution >= 4 is 11.8 Å². The van der Waals surface area contributed by atoms with Gasteiger partial charge in [-0.05, 0) is 52.9 Å². The first kappa shape index (κ1) is 22.1. The Morgan fingerprint density at radius 3 is 2.56 bits per heavy atom. The summed E-state index contributed by atoms with van der Waals surface area (Å²) in [6, 6.07) is -0.208. The van der Waals surface area contributed by atoms with Crippen molar-refractivity contribution in [2.45, 2.75) is 56.8 Å². The molecule has 2 fully saturated rings. The molecule has 3 atom stereocenters. The van der Waals surface area contributed by atoms with Crippen molar-refractivity contribution in [2.24, 2.45) is 0 Å². The van der Waals surface area contributed by atoms with Gasteiger partial charge in [0, 0.05) is 13.1 Å². The van der Waals surface area contributed by atoms with Crippen LogP contribution in [0.4, 0.5) is 0 Å². The number of nitrogens with zero attached hydrogens (tertiary/aromatic N) is 2. The number of piperidine rings is 1. The molecular formula is C19H36N4O4. The summed E-state index contributed by atoms with van der Waals surface area (Å²) in [6.45, 7) is 3.95. The predicted octanol–water partition coefficient (Wildman–Crippen LogP) is -0.435. The third kappa shape index (κ3) is 8.13. The van der Waals surface area contributed by atoms with Crippen LogP contribution in [0.1, 0.15) is 38.5 Å². The van der Waals surface area contributed by atoms with Crippen LogP contribution >= 0.6 is 0 Å². The molecule has 2 aliphatic rings. The Morgan fingerprint density at radius 1 is 1.15 bits per heavy atom. The van der Waals surface area contributed by atoms with E-state index in [1.807, 2.05) is 14.1 Å². The number of ether oxygens (including phenoxy) is 1. The van der Waals surface area contributed by atoms with Crippen molar-refractivity contribution in [1.29, 1.82) is 0 Å². The van der Waals surface area contributed by atoms with Gasteiger partial charge < -0.3 is 30.3 Å². The number of carbonyl (C=O) groups excluding carboxylic acids is 2. The average Bonchev–Trinajstić information content (AvgIpc) is 2.63. The topological polar surface area (TPSA) is 94.1 Å². The molecule has 0 aromatic carbocycles. The number of aliphatic hydroxyl groups excluding tert-OH is 1. The maximum Gasteiger partial charge on any atom is 0.234 e. The number of likely N-dealkylation sites (tertiary alicyclic amines) is 1. The summed E-state index contributed by atoms with van der Waals surface area (Å²) in [4.78, 5) is 28.3. The van der Waals surface area contributed by atoms with E-state index in [0.29, 0.717) is 32.4 Å². The van der Waals surface area contributed by atoms with E-state index in [1.165, 1.54) is 19.3 Å². The van der Waals surface area contributed by atoms with Crippen molar-refractivity contribution in [3.8, 4) is 0 Å². The molecule has 0 saturated carbocycles. The van der Waals surface area contributed by atoms with Crippen molar-refractivity contribution in [3.63, 3.8) is 0 Å². The van der Waals surface area contributed by atoms with Crippen LogP contribution in [0.2, 0.25) is 0 Å². The Morgan fingerprint density at radius 2 is 1.89 bits per heavy atom. The highest BCUT2D eigenvalue weighted by atomic mass is 16.5. The van der Waals surface area contributed by atoms with Crippen LogP contribution in [0.25, 0.3) is 0 Å². The van der Waals surface area contributed by atoms with Gasteiger partial charge in [0.2, 0.25) is 11.8 Å². The van der Waals surface area contributed by atoms with Crippen LogP contribution in [0.15, 0.2) is 0 Å². The maximum atomic E-state index is 12.2. The first-order valence-electron chi connectivity index (χ1n) is 10.2. The summed E-state index contributed by atoms with van der Waals surface area (Å²) >= 11 is 0. The lowest BCUT2D eigenvalue weighted by Gasteiger charge is -2.36. The number of hydrogen-bond acceptors (Lipinski definition) is 6. The van der Waals surface area contributed by atoms with Crippen LogP contribution in [0.3, 0.4) is 0 Å². The first-order valence-corrected chi connectivity index (χ1v) is 10.2. The number of likely N-dealkylation sites (N-methyl/N-ethyl adjacent to an activating group) is 1. The van der Waals surface area contributed by atoms with Crippen LogP contribution in [0.5, 0.6) is 0 Å². The van der Waals surface area contributed by atoms with Gasteiger partial charge in [0.25, 0.3) is 0 Å². The van der Waals surface area contributed by atoms with Gasteiger partial charge in [0.1, 0.15) is 6.10 Å². The second-order valence-corrected chi connectivity index (χ2v) is 7.92. The lowest BCUT2D eigenvalue weighted by atomic mass is 9.97. The molecule has 2 heterocycles. The van der Waals surface area contributed by atoms with Crippen LogP contribution in [0, 0.1) is 0 Å². The van der Waals surface area contributed by atoms with Gasteiger partial charge >= 0.3 is 0 Å². The molecule has 0 aromatic heterocycles. The third-order valence-electron chi connectivity index (χ3n) is 5.21. The van der Waals surface area contributed by atoms with Crippen molar-refractivity contribution in [3.05, 3.63) is 0 Å². The van der Waals surface area contributed by atoms with E-state index in [1.54, 1.807) is 4.90 Å². The van der Waals surface area contributed by atoms with E-state index < -0.39 is 6.10 Å². The average molecular weight is 385 g/mol. The van der Waals surface area contributed by atoms with Gasteiger partial charge in [-0.25, -0.2) is 0 Å². The SMILES string of the molecule is CN(C)CC(=O)N[C@@H]1CC[C@@H](CC(=O)NCCN2CCCCC2)O[C@H]1CO. The first-order chi connectivity index (χ1) is 13.0. The monoisotopic (exact) mass is 384 g/mol. The lowest BCUT2D eigenvalue weighted by Crippen LogP contribution is -2.53. The molecule has 2 amide bonds. The number of nitrogens with one attached hydrogen (secondary N) is 2. The Bertz CT molecular complexity index is 469. The minimum Gasteiger partial charge on any atom is -0.394 e. The summed E-state index contributed by atoms with van der Waals surface area (Å²) in [5, 5.41) is 15.5. The number of carbonyl (C=O) groups is 2. The summed E-state index contributed by atoms with van der Waals surface area (Å²) < 4.78 is 5.87. The molecule has 0 radical (unpaired) electrons. The minimum absolute atomic E-state index is 0.0104. The highest BCUT2D eigenvalue weighted by Crippen LogP contribution is 2.22. The number of hydrogen-bond donors (Lipinski definition) is 3. The van der Waals surface area contributed by atoms with Crippen LogP contribution in [-0.2, 0) is 14.3 Å². The fourth-order valence-corrected chi connectivity index (χ4v) is 3.80. The standard InChI is InChI=1S/C19H36N4O4/c1-22(2)13-19(26)21-16-7-6-15(27-17(16)14-24)12-18(25)20-8-11-23-9-4-3-5-10-23/h15-17,24H,3-14H2,1-2H3,(H,20,25)(H,21,26)/t15-,16+,17-/m0/s1. The van der Waals surface area contributed by atoms with Crippen molar-refractivity contribution < 1.29 is 19.4 Å². The highest BCUT2D eigenvalue weighted by molar-refractivity contribution is 5.78. The zero-order valence-electron chi connectivity index (χ0n) is 16.8. The fraction of sp³-hybridized carbons (Fsp3) is 0.895. The predicted molar refractivity (Wildman–Crippen MR) is 103 cm³/mol. The van der Waals surface area contributed by atoms with E-state index >= 15 is 0 Å². The number of aliphatic hydroxyl groups is 1. The molecule has 8 nitrogen and oxygen atoms in total. The smallest absolute Gasteiger partial charge is 0.234 e. The van der Waals surface area contributed by atoms with Gasteiger partial charge in [0.05, 0.1) is 31.7 Å². The van der Waals surface area contributed by atoms with Gasteiger partial charge in [-0.2, -0.15) is 0 Å². The number of amides is 2. The van der Waals surface area contributed by atoms with Gasteiger partial charge in [-0.3, -0.25) is 9.59 Å².